The molecule has 1 aliphatic heterocycles. The monoisotopic (exact) mass is 291 g/mol. The van der Waals surface area contributed by atoms with Crippen LogP contribution in [0, 0.1) is 0 Å². The molecule has 1 amide bonds. The summed E-state index contributed by atoms with van der Waals surface area (Å²) >= 11 is 0. The van der Waals surface area contributed by atoms with Crippen molar-refractivity contribution in [3.8, 4) is 0 Å². The largest absolute Gasteiger partial charge is 0.481 e. The summed E-state index contributed by atoms with van der Waals surface area (Å²) in [6.07, 6.45) is 2.45. The molecule has 0 fully saturated rings. The van der Waals surface area contributed by atoms with E-state index in [0.29, 0.717) is 32.4 Å². The molecular formula is C16H21NO4. The number of amides is 1. The molecular weight excluding hydrogens is 270 g/mol. The fraction of sp³-hybridized carbons (Fsp3) is 0.500. The van der Waals surface area contributed by atoms with E-state index in [2.05, 4.69) is 11.4 Å². The molecule has 0 bridgehead atoms. The quantitative estimate of drug-likeness (QED) is 0.754. The second kappa shape index (κ2) is 7.78. The van der Waals surface area contributed by atoms with Crippen LogP contribution in [-0.4, -0.2) is 30.1 Å². The van der Waals surface area contributed by atoms with E-state index >= 15 is 0 Å². The summed E-state index contributed by atoms with van der Waals surface area (Å²) in [5.74, 6) is -0.847. The highest BCUT2D eigenvalue weighted by Crippen LogP contribution is 2.29. The highest BCUT2D eigenvalue weighted by molar-refractivity contribution is 5.76. The van der Waals surface area contributed by atoms with Crippen LogP contribution in [0.1, 0.15) is 42.9 Å². The maximum atomic E-state index is 11.9. The van der Waals surface area contributed by atoms with E-state index in [1.54, 1.807) is 0 Å². The van der Waals surface area contributed by atoms with Crippen molar-refractivity contribution in [3.05, 3.63) is 35.4 Å². The third kappa shape index (κ3) is 4.86. The minimum atomic E-state index is -0.798. The fourth-order valence-electron chi connectivity index (χ4n) is 2.52. The number of hydrogen-bond acceptors (Lipinski definition) is 3. The van der Waals surface area contributed by atoms with Gasteiger partial charge in [0.2, 0.25) is 5.91 Å². The van der Waals surface area contributed by atoms with Gasteiger partial charge in [-0.3, -0.25) is 9.59 Å². The molecule has 1 unspecified atom stereocenters. The van der Waals surface area contributed by atoms with Crippen LogP contribution in [0.4, 0.5) is 0 Å². The van der Waals surface area contributed by atoms with Gasteiger partial charge in [-0.1, -0.05) is 24.3 Å². The number of carboxylic acid groups (broad SMARTS) is 1. The summed E-state index contributed by atoms with van der Waals surface area (Å²) < 4.78 is 5.70. The van der Waals surface area contributed by atoms with Gasteiger partial charge in [-0.2, -0.15) is 0 Å². The van der Waals surface area contributed by atoms with Crippen molar-refractivity contribution in [1.29, 1.82) is 0 Å². The Kier molecular flexibility index (Phi) is 5.75. The Balaban J connectivity index is 1.75. The molecule has 0 aromatic heterocycles. The van der Waals surface area contributed by atoms with Crippen LogP contribution in [0.2, 0.25) is 0 Å². The minimum absolute atomic E-state index is 0.0490. The number of aliphatic carboxylic acids is 1. The van der Waals surface area contributed by atoms with E-state index in [1.807, 2.05) is 18.2 Å². The second-order valence-corrected chi connectivity index (χ2v) is 5.21. The molecule has 5 heteroatoms. The number of rotatable bonds is 7. The molecule has 0 radical (unpaired) electrons. The zero-order valence-electron chi connectivity index (χ0n) is 12.0. The molecule has 1 aromatic rings. The Hall–Kier alpha value is -1.88. The van der Waals surface area contributed by atoms with Crippen molar-refractivity contribution in [2.24, 2.45) is 0 Å². The molecule has 114 valence electrons. The van der Waals surface area contributed by atoms with E-state index in [0.717, 1.165) is 12.0 Å². The Bertz CT molecular complexity index is 501. The standard InChI is InChI=1S/C16H21NO4/c18-15(17-9-4-3-7-16(19)20)11-14-13-6-2-1-5-12(13)8-10-21-14/h1-2,5-6,14H,3-4,7-11H2,(H,17,18)(H,19,20). The van der Waals surface area contributed by atoms with E-state index in [1.165, 1.54) is 5.56 Å². The summed E-state index contributed by atoms with van der Waals surface area (Å²) in [6, 6.07) is 8.06. The Morgan fingerprint density at radius 3 is 2.90 bits per heavy atom. The number of benzene rings is 1. The molecule has 0 aliphatic carbocycles. The first-order valence-electron chi connectivity index (χ1n) is 7.34. The number of nitrogens with one attached hydrogen (secondary N) is 1. The minimum Gasteiger partial charge on any atom is -0.481 e. The highest BCUT2D eigenvalue weighted by atomic mass is 16.5. The molecule has 1 heterocycles. The molecule has 2 N–H and O–H groups in total. The Morgan fingerprint density at radius 2 is 2.10 bits per heavy atom. The van der Waals surface area contributed by atoms with Crippen molar-refractivity contribution < 1.29 is 19.4 Å². The average Bonchev–Trinajstić information content (AvgIpc) is 2.47. The zero-order chi connectivity index (χ0) is 15.1. The summed E-state index contributed by atoms with van der Waals surface area (Å²) in [5, 5.41) is 11.4. The lowest BCUT2D eigenvalue weighted by Crippen LogP contribution is -2.28. The molecule has 2 rings (SSSR count). The molecule has 0 saturated carbocycles. The van der Waals surface area contributed by atoms with Gasteiger partial charge in [0.25, 0.3) is 0 Å². The van der Waals surface area contributed by atoms with E-state index in [-0.39, 0.29) is 18.4 Å². The van der Waals surface area contributed by atoms with Crippen molar-refractivity contribution in [2.45, 2.75) is 38.2 Å². The van der Waals surface area contributed by atoms with Gasteiger partial charge in [-0.15, -0.1) is 0 Å². The van der Waals surface area contributed by atoms with Crippen LogP contribution < -0.4 is 5.32 Å². The van der Waals surface area contributed by atoms with Crippen molar-refractivity contribution in [1.82, 2.24) is 5.32 Å². The van der Waals surface area contributed by atoms with Crippen LogP contribution in [0.15, 0.2) is 24.3 Å². The third-order valence-electron chi connectivity index (χ3n) is 3.60. The summed E-state index contributed by atoms with van der Waals surface area (Å²) in [4.78, 5) is 22.3. The molecule has 1 atom stereocenters. The number of ether oxygens (including phenoxy) is 1. The maximum Gasteiger partial charge on any atom is 0.303 e. The molecule has 1 aliphatic rings. The predicted octanol–water partition coefficient (Wildman–Crippen LogP) is 2.06. The predicted molar refractivity (Wildman–Crippen MR) is 78.0 cm³/mol. The lowest BCUT2D eigenvalue weighted by molar-refractivity contribution is -0.137. The first kappa shape index (κ1) is 15.5. The van der Waals surface area contributed by atoms with Gasteiger partial charge < -0.3 is 15.2 Å². The second-order valence-electron chi connectivity index (χ2n) is 5.21. The van der Waals surface area contributed by atoms with Gasteiger partial charge in [0.1, 0.15) is 0 Å². The molecule has 0 spiro atoms. The molecule has 1 aromatic carbocycles. The summed E-state index contributed by atoms with van der Waals surface area (Å²) in [5.41, 5.74) is 2.35. The van der Waals surface area contributed by atoms with Gasteiger partial charge in [-0.25, -0.2) is 0 Å². The average molecular weight is 291 g/mol. The van der Waals surface area contributed by atoms with E-state index in [9.17, 15) is 9.59 Å². The lowest BCUT2D eigenvalue weighted by Gasteiger charge is -2.25. The normalized spacial score (nSPS) is 17.0. The van der Waals surface area contributed by atoms with E-state index in [4.69, 9.17) is 9.84 Å². The maximum absolute atomic E-state index is 11.9. The number of carbonyl (C=O) groups is 2. The van der Waals surface area contributed by atoms with Gasteiger partial charge in [0, 0.05) is 13.0 Å². The van der Waals surface area contributed by atoms with Crippen LogP contribution >= 0.6 is 0 Å². The first-order valence-corrected chi connectivity index (χ1v) is 7.34. The summed E-state index contributed by atoms with van der Waals surface area (Å²) in [7, 11) is 0. The number of carbonyl (C=O) groups excluding carboxylic acids is 1. The number of fused-ring (bicyclic) bond motifs is 1. The van der Waals surface area contributed by atoms with Gasteiger partial charge >= 0.3 is 5.97 Å². The van der Waals surface area contributed by atoms with E-state index < -0.39 is 5.97 Å². The van der Waals surface area contributed by atoms with Crippen molar-refractivity contribution in [2.75, 3.05) is 13.2 Å². The third-order valence-corrected chi connectivity index (χ3v) is 3.60. The topological polar surface area (TPSA) is 75.6 Å². The number of hydrogen-bond donors (Lipinski definition) is 2. The van der Waals surface area contributed by atoms with Crippen LogP contribution in [0.3, 0.4) is 0 Å². The van der Waals surface area contributed by atoms with Crippen molar-refractivity contribution >= 4 is 11.9 Å². The van der Waals surface area contributed by atoms with Crippen molar-refractivity contribution in [3.63, 3.8) is 0 Å². The lowest BCUT2D eigenvalue weighted by atomic mass is 9.95. The van der Waals surface area contributed by atoms with Crippen LogP contribution in [0.5, 0.6) is 0 Å². The number of carboxylic acids is 1. The number of unbranched alkanes of at least 4 members (excludes halogenated alkanes) is 1. The zero-order valence-corrected chi connectivity index (χ0v) is 12.0. The van der Waals surface area contributed by atoms with Crippen LogP contribution in [-0.2, 0) is 20.7 Å². The highest BCUT2D eigenvalue weighted by Gasteiger charge is 2.22. The molecule has 5 nitrogen and oxygen atoms in total. The van der Waals surface area contributed by atoms with Gasteiger partial charge in [0.05, 0.1) is 19.1 Å². The van der Waals surface area contributed by atoms with Gasteiger partial charge in [0.15, 0.2) is 0 Å². The first-order chi connectivity index (χ1) is 10.2. The van der Waals surface area contributed by atoms with Crippen LogP contribution in [0.25, 0.3) is 0 Å². The van der Waals surface area contributed by atoms with Gasteiger partial charge in [-0.05, 0) is 30.4 Å². The molecule has 0 saturated heterocycles. The summed E-state index contributed by atoms with van der Waals surface area (Å²) in [6.45, 7) is 1.16. The Labute approximate surface area is 124 Å². The fourth-order valence-corrected chi connectivity index (χ4v) is 2.52. The smallest absolute Gasteiger partial charge is 0.303 e. The SMILES string of the molecule is O=C(O)CCCCNC(=O)CC1OCCc2ccccc21. The molecule has 21 heavy (non-hydrogen) atoms. The Morgan fingerprint density at radius 1 is 1.29 bits per heavy atom.